The highest BCUT2D eigenvalue weighted by Gasteiger charge is 2.12. The maximum atomic E-state index is 11.9. The molecule has 23 heavy (non-hydrogen) atoms. The van der Waals surface area contributed by atoms with Gasteiger partial charge in [-0.15, -0.1) is 5.10 Å². The number of aromatic nitrogens is 4. The molecule has 0 aliphatic heterocycles. The molecule has 1 unspecified atom stereocenters. The van der Waals surface area contributed by atoms with E-state index in [-0.39, 0.29) is 18.6 Å². The number of ether oxygens (including phenoxy) is 1. The van der Waals surface area contributed by atoms with E-state index in [1.165, 1.54) is 11.0 Å². The first-order valence-electron chi connectivity index (χ1n) is 7.01. The van der Waals surface area contributed by atoms with Crippen LogP contribution in [0.4, 0.5) is 0 Å². The zero-order valence-corrected chi connectivity index (χ0v) is 12.4. The van der Waals surface area contributed by atoms with Crippen LogP contribution >= 0.6 is 0 Å². The molecule has 118 valence electrons. The maximum absolute atomic E-state index is 11.9. The number of furan rings is 1. The Morgan fingerprint density at radius 2 is 2.17 bits per heavy atom. The van der Waals surface area contributed by atoms with Gasteiger partial charge < -0.3 is 14.5 Å². The molecule has 0 fully saturated rings. The lowest BCUT2D eigenvalue weighted by molar-refractivity contribution is -0.123. The van der Waals surface area contributed by atoms with Gasteiger partial charge >= 0.3 is 0 Å². The molecule has 8 heteroatoms. The van der Waals surface area contributed by atoms with Crippen molar-refractivity contribution in [1.29, 1.82) is 0 Å². The summed E-state index contributed by atoms with van der Waals surface area (Å²) in [6.07, 6.45) is 3.07. The normalized spacial score (nSPS) is 11.9. The average molecular weight is 313 g/mol. The van der Waals surface area contributed by atoms with Crippen LogP contribution in [0.5, 0.6) is 5.75 Å². The van der Waals surface area contributed by atoms with Gasteiger partial charge in [-0.1, -0.05) is 0 Å². The first-order chi connectivity index (χ1) is 11.2. The molecule has 2 heterocycles. The molecule has 0 aliphatic carbocycles. The summed E-state index contributed by atoms with van der Waals surface area (Å²) in [5, 5.41) is 13.7. The number of tetrazole rings is 1. The lowest BCUT2D eigenvalue weighted by Crippen LogP contribution is -2.31. The lowest BCUT2D eigenvalue weighted by Gasteiger charge is -2.12. The molecule has 1 atom stereocenters. The summed E-state index contributed by atoms with van der Waals surface area (Å²) in [4.78, 5) is 11.9. The SMILES string of the molecule is CC(NC(=O)COc1ccc(-n2cnnn2)cc1)c1ccco1. The Kier molecular flexibility index (Phi) is 4.32. The molecule has 3 rings (SSSR count). The molecule has 0 spiro atoms. The Morgan fingerprint density at radius 3 is 2.83 bits per heavy atom. The Balaban J connectivity index is 1.51. The van der Waals surface area contributed by atoms with E-state index in [2.05, 4.69) is 20.8 Å². The van der Waals surface area contributed by atoms with Crippen molar-refractivity contribution in [1.82, 2.24) is 25.5 Å². The van der Waals surface area contributed by atoms with Gasteiger partial charge in [0.15, 0.2) is 6.61 Å². The van der Waals surface area contributed by atoms with Crippen LogP contribution in [0.3, 0.4) is 0 Å². The predicted molar refractivity (Wildman–Crippen MR) is 79.9 cm³/mol. The van der Waals surface area contributed by atoms with E-state index >= 15 is 0 Å². The molecule has 1 aromatic carbocycles. The van der Waals surface area contributed by atoms with Gasteiger partial charge in [0.25, 0.3) is 5.91 Å². The molecule has 1 N–H and O–H groups in total. The van der Waals surface area contributed by atoms with Gasteiger partial charge in [0.2, 0.25) is 0 Å². The predicted octanol–water partition coefficient (Wildman–Crippen LogP) is 1.51. The van der Waals surface area contributed by atoms with Gasteiger partial charge in [-0.3, -0.25) is 4.79 Å². The molecular formula is C15H15N5O3. The largest absolute Gasteiger partial charge is 0.484 e. The van der Waals surface area contributed by atoms with E-state index in [1.807, 2.05) is 13.0 Å². The smallest absolute Gasteiger partial charge is 0.258 e. The number of carbonyl (C=O) groups excluding carboxylic acids is 1. The first-order valence-corrected chi connectivity index (χ1v) is 7.01. The van der Waals surface area contributed by atoms with E-state index in [9.17, 15) is 4.79 Å². The fourth-order valence-corrected chi connectivity index (χ4v) is 2.02. The van der Waals surface area contributed by atoms with Crippen LogP contribution in [0.15, 0.2) is 53.4 Å². The summed E-state index contributed by atoms with van der Waals surface area (Å²) in [5.74, 6) is 1.06. The second-order valence-corrected chi connectivity index (χ2v) is 4.84. The Morgan fingerprint density at radius 1 is 1.35 bits per heavy atom. The molecule has 2 aromatic heterocycles. The van der Waals surface area contributed by atoms with E-state index in [0.29, 0.717) is 11.5 Å². The van der Waals surface area contributed by atoms with Gasteiger partial charge in [-0.05, 0) is 53.7 Å². The highest BCUT2D eigenvalue weighted by molar-refractivity contribution is 5.77. The van der Waals surface area contributed by atoms with Crippen LogP contribution in [0, 0.1) is 0 Å². The minimum atomic E-state index is -0.224. The van der Waals surface area contributed by atoms with Gasteiger partial charge in [0.1, 0.15) is 17.8 Å². The van der Waals surface area contributed by atoms with Crippen molar-refractivity contribution in [2.75, 3.05) is 6.61 Å². The maximum Gasteiger partial charge on any atom is 0.258 e. The molecule has 0 saturated carbocycles. The Hall–Kier alpha value is -3.16. The number of nitrogens with zero attached hydrogens (tertiary/aromatic N) is 4. The number of benzene rings is 1. The van der Waals surface area contributed by atoms with E-state index in [1.54, 1.807) is 36.6 Å². The summed E-state index contributed by atoms with van der Waals surface area (Å²) in [6.45, 7) is 1.77. The van der Waals surface area contributed by atoms with E-state index in [4.69, 9.17) is 9.15 Å². The number of hydrogen-bond donors (Lipinski definition) is 1. The van der Waals surface area contributed by atoms with Gasteiger partial charge in [0, 0.05) is 0 Å². The molecule has 3 aromatic rings. The molecule has 1 amide bonds. The molecule has 0 radical (unpaired) electrons. The molecule has 8 nitrogen and oxygen atoms in total. The van der Waals surface area contributed by atoms with Crippen LogP contribution < -0.4 is 10.1 Å². The fraction of sp³-hybridized carbons (Fsp3) is 0.200. The zero-order chi connectivity index (χ0) is 16.1. The van der Waals surface area contributed by atoms with Crippen molar-refractivity contribution in [2.45, 2.75) is 13.0 Å². The third-order valence-electron chi connectivity index (χ3n) is 3.17. The van der Waals surface area contributed by atoms with Gasteiger partial charge in [-0.2, -0.15) is 0 Å². The van der Waals surface area contributed by atoms with Gasteiger partial charge in [0.05, 0.1) is 18.0 Å². The van der Waals surface area contributed by atoms with Crippen molar-refractivity contribution in [3.05, 3.63) is 54.7 Å². The van der Waals surface area contributed by atoms with E-state index in [0.717, 1.165) is 5.69 Å². The Labute approximate surface area is 132 Å². The summed E-state index contributed by atoms with van der Waals surface area (Å²) < 4.78 is 12.2. The van der Waals surface area contributed by atoms with Crippen LogP contribution in [0.1, 0.15) is 18.7 Å². The summed E-state index contributed by atoms with van der Waals surface area (Å²) in [6, 6.07) is 10.5. The highest BCUT2D eigenvalue weighted by atomic mass is 16.5. The van der Waals surface area contributed by atoms with Crippen LogP contribution in [-0.4, -0.2) is 32.7 Å². The standard InChI is InChI=1S/C15H15N5O3/c1-11(14-3-2-8-22-14)17-15(21)9-23-13-6-4-12(5-7-13)20-10-16-18-19-20/h2-8,10-11H,9H2,1H3,(H,17,21). The fourth-order valence-electron chi connectivity index (χ4n) is 2.02. The first kappa shape index (κ1) is 14.8. The minimum Gasteiger partial charge on any atom is -0.484 e. The monoisotopic (exact) mass is 313 g/mol. The number of amides is 1. The number of hydrogen-bond acceptors (Lipinski definition) is 6. The number of nitrogens with one attached hydrogen (secondary N) is 1. The van der Waals surface area contributed by atoms with Crippen LogP contribution in [-0.2, 0) is 4.79 Å². The van der Waals surface area contributed by atoms with Crippen LogP contribution in [0.2, 0.25) is 0 Å². The third-order valence-corrected chi connectivity index (χ3v) is 3.17. The van der Waals surface area contributed by atoms with Gasteiger partial charge in [-0.25, -0.2) is 4.68 Å². The molecule has 0 bridgehead atoms. The van der Waals surface area contributed by atoms with E-state index < -0.39 is 0 Å². The number of rotatable bonds is 6. The summed E-state index contributed by atoms with van der Waals surface area (Å²) in [5.41, 5.74) is 0.804. The van der Waals surface area contributed by atoms with Crippen molar-refractivity contribution in [3.63, 3.8) is 0 Å². The Bertz CT molecular complexity index is 738. The summed E-state index contributed by atoms with van der Waals surface area (Å²) in [7, 11) is 0. The molecule has 0 aliphatic rings. The van der Waals surface area contributed by atoms with Crippen LogP contribution in [0.25, 0.3) is 5.69 Å². The summed E-state index contributed by atoms with van der Waals surface area (Å²) >= 11 is 0. The van der Waals surface area contributed by atoms with Crippen molar-refractivity contribution in [3.8, 4) is 11.4 Å². The zero-order valence-electron chi connectivity index (χ0n) is 12.4. The minimum absolute atomic E-state index is 0.0741. The lowest BCUT2D eigenvalue weighted by atomic mass is 10.2. The third kappa shape index (κ3) is 3.73. The van der Waals surface area contributed by atoms with Crippen molar-refractivity contribution < 1.29 is 13.9 Å². The van der Waals surface area contributed by atoms with Crippen molar-refractivity contribution >= 4 is 5.91 Å². The number of carbonyl (C=O) groups is 1. The van der Waals surface area contributed by atoms with Crippen molar-refractivity contribution in [2.24, 2.45) is 0 Å². The molecule has 0 saturated heterocycles. The highest BCUT2D eigenvalue weighted by Crippen LogP contribution is 2.15. The quantitative estimate of drug-likeness (QED) is 0.741. The second kappa shape index (κ2) is 6.73. The second-order valence-electron chi connectivity index (χ2n) is 4.84. The molecular weight excluding hydrogens is 298 g/mol. The topological polar surface area (TPSA) is 95.1 Å². The average Bonchev–Trinajstić information content (AvgIpc) is 3.26.